The van der Waals surface area contributed by atoms with Crippen molar-refractivity contribution in [3.8, 4) is 17.0 Å². The van der Waals surface area contributed by atoms with E-state index in [4.69, 9.17) is 21.1 Å². The molecule has 0 radical (unpaired) electrons. The van der Waals surface area contributed by atoms with Crippen molar-refractivity contribution in [1.29, 1.82) is 0 Å². The summed E-state index contributed by atoms with van der Waals surface area (Å²) in [7, 11) is 3.63. The first-order chi connectivity index (χ1) is 16.5. The average molecular weight is 549 g/mol. The molecule has 3 aromatic rings. The lowest BCUT2D eigenvalue weighted by Crippen LogP contribution is -2.52. The van der Waals surface area contributed by atoms with Gasteiger partial charge in [-0.15, -0.1) is 0 Å². The molecule has 1 saturated heterocycles. The summed E-state index contributed by atoms with van der Waals surface area (Å²) in [5.74, 6) is 1.16. The molecule has 1 aliphatic rings. The van der Waals surface area contributed by atoms with Crippen LogP contribution in [0.25, 0.3) is 11.3 Å². The number of benzene rings is 2. The molecule has 2 heterocycles. The number of ether oxygens (including phenoxy) is 2. The van der Waals surface area contributed by atoms with Crippen LogP contribution in [0.2, 0.25) is 5.02 Å². The number of aliphatic hydroxyl groups excluding tert-OH is 1. The first-order valence-electron chi connectivity index (χ1n) is 10.8. The topological polar surface area (TPSA) is 83.8 Å². The summed E-state index contributed by atoms with van der Waals surface area (Å²) in [4.78, 5) is 2.30. The van der Waals surface area contributed by atoms with Crippen molar-refractivity contribution >= 4 is 38.9 Å². The molecule has 2 aromatic carbocycles. The number of nitrogens with one attached hydrogen (secondary N) is 2. The number of hydrogen-bond acceptors (Lipinski definition) is 7. The van der Waals surface area contributed by atoms with E-state index in [-0.39, 0.29) is 0 Å². The second-order valence-electron chi connectivity index (χ2n) is 7.94. The summed E-state index contributed by atoms with van der Waals surface area (Å²) in [5, 5.41) is 21.1. The highest BCUT2D eigenvalue weighted by atomic mass is 79.9. The van der Waals surface area contributed by atoms with Crippen LogP contribution in [0.15, 0.2) is 65.2 Å². The highest BCUT2D eigenvalue weighted by Gasteiger charge is 2.26. The molecular weight excluding hydrogens is 522 g/mol. The molecule has 4 rings (SSSR count). The van der Waals surface area contributed by atoms with E-state index in [1.807, 2.05) is 37.4 Å². The summed E-state index contributed by atoms with van der Waals surface area (Å²) in [5.41, 5.74) is 3.32. The fourth-order valence-corrected chi connectivity index (χ4v) is 4.40. The van der Waals surface area contributed by atoms with Crippen LogP contribution in [0.3, 0.4) is 0 Å². The quantitative estimate of drug-likeness (QED) is 0.304. The molecule has 34 heavy (non-hydrogen) atoms. The van der Waals surface area contributed by atoms with Crippen LogP contribution in [0, 0.1) is 0 Å². The number of aryl methyl sites for hydroxylation is 1. The highest BCUT2D eigenvalue weighted by molar-refractivity contribution is 9.10. The van der Waals surface area contributed by atoms with Gasteiger partial charge in [0.15, 0.2) is 0 Å². The van der Waals surface area contributed by atoms with E-state index < -0.39 is 0 Å². The Hall–Kier alpha value is -2.72. The second kappa shape index (κ2) is 11.1. The van der Waals surface area contributed by atoms with Gasteiger partial charge in [0, 0.05) is 55.8 Å². The Balaban J connectivity index is 1.51. The van der Waals surface area contributed by atoms with Crippen LogP contribution >= 0.6 is 27.5 Å². The Morgan fingerprint density at radius 1 is 1.21 bits per heavy atom. The zero-order chi connectivity index (χ0) is 24.1. The van der Waals surface area contributed by atoms with Crippen LogP contribution < -0.4 is 15.4 Å². The number of aromatic nitrogens is 2. The van der Waals surface area contributed by atoms with E-state index in [0.717, 1.165) is 58.8 Å². The molecule has 0 spiro atoms. The van der Waals surface area contributed by atoms with Crippen molar-refractivity contribution in [3.63, 3.8) is 0 Å². The van der Waals surface area contributed by atoms with Crippen LogP contribution in [-0.4, -0.2) is 59.2 Å². The van der Waals surface area contributed by atoms with E-state index in [2.05, 4.69) is 36.6 Å². The van der Waals surface area contributed by atoms with E-state index in [1.165, 1.54) is 0 Å². The lowest BCUT2D eigenvalue weighted by molar-refractivity contribution is -0.0333. The van der Waals surface area contributed by atoms with Gasteiger partial charge in [-0.1, -0.05) is 11.6 Å². The largest absolute Gasteiger partial charge is 0.512 e. The van der Waals surface area contributed by atoms with Crippen molar-refractivity contribution < 1.29 is 14.6 Å². The molecular formula is C24H27BrClN5O3. The van der Waals surface area contributed by atoms with Crippen LogP contribution in [-0.2, 0) is 11.8 Å². The second-order valence-corrected chi connectivity index (χ2v) is 9.23. The van der Waals surface area contributed by atoms with Gasteiger partial charge in [0.2, 0.25) is 0 Å². The molecule has 1 aliphatic heterocycles. The van der Waals surface area contributed by atoms with Gasteiger partial charge in [-0.2, -0.15) is 5.10 Å². The van der Waals surface area contributed by atoms with E-state index in [9.17, 15) is 5.11 Å². The van der Waals surface area contributed by atoms with Crippen molar-refractivity contribution in [2.45, 2.75) is 6.10 Å². The number of halogens is 2. The fraction of sp³-hybridized carbons (Fsp3) is 0.292. The van der Waals surface area contributed by atoms with E-state index >= 15 is 0 Å². The summed E-state index contributed by atoms with van der Waals surface area (Å²) in [6.45, 7) is 3.25. The summed E-state index contributed by atoms with van der Waals surface area (Å²) in [6.07, 6.45) is 3.06. The maximum Gasteiger partial charge on any atom is 0.143 e. The van der Waals surface area contributed by atoms with Gasteiger partial charge in [0.1, 0.15) is 24.4 Å². The maximum absolute atomic E-state index is 9.76. The number of anilines is 2. The molecule has 8 nitrogen and oxygen atoms in total. The first kappa shape index (κ1) is 24.4. The highest BCUT2D eigenvalue weighted by Crippen LogP contribution is 2.37. The van der Waals surface area contributed by atoms with Gasteiger partial charge in [-0.05, 0) is 58.4 Å². The normalized spacial score (nSPS) is 14.6. The SMILES string of the molecule is COC1CN(CCOc2ccc(N/C(=C/O)Nc3ccc(Cl)cc3)cc2-c2c(Br)cnn2C)C1. The van der Waals surface area contributed by atoms with Crippen molar-refractivity contribution in [2.24, 2.45) is 7.05 Å². The molecule has 1 aromatic heterocycles. The molecule has 180 valence electrons. The third-order valence-corrected chi connectivity index (χ3v) is 6.41. The Morgan fingerprint density at radius 3 is 2.56 bits per heavy atom. The summed E-state index contributed by atoms with van der Waals surface area (Å²) < 4.78 is 14.2. The predicted octanol–water partition coefficient (Wildman–Crippen LogP) is 5.09. The van der Waals surface area contributed by atoms with Gasteiger partial charge in [-0.25, -0.2) is 0 Å². The Kier molecular flexibility index (Phi) is 7.99. The van der Waals surface area contributed by atoms with Crippen LogP contribution in [0.1, 0.15) is 0 Å². The van der Waals surface area contributed by atoms with Gasteiger partial charge in [0.05, 0.1) is 22.5 Å². The number of hydrogen-bond donors (Lipinski definition) is 3. The monoisotopic (exact) mass is 547 g/mol. The van der Waals surface area contributed by atoms with Crippen molar-refractivity contribution in [3.05, 3.63) is 70.2 Å². The number of nitrogens with zero attached hydrogens (tertiary/aromatic N) is 3. The first-order valence-corrected chi connectivity index (χ1v) is 12.0. The molecule has 0 bridgehead atoms. The standard InChI is InChI=1S/C24H27BrClN5O3/c1-30-24(21(25)12-27-30)20-11-18(29-23(15-32)28-17-5-3-16(26)4-6-17)7-8-22(20)34-10-9-31-13-19(14-31)33-2/h3-8,11-12,15,19,28-29,32H,9-10,13-14H2,1-2H3/b23-15+. The van der Waals surface area contributed by atoms with Gasteiger partial charge >= 0.3 is 0 Å². The number of likely N-dealkylation sites (tertiary alicyclic amines) is 1. The number of aliphatic hydroxyl groups is 1. The Labute approximate surface area is 212 Å². The lowest BCUT2D eigenvalue weighted by atomic mass is 10.1. The third-order valence-electron chi connectivity index (χ3n) is 5.58. The number of methoxy groups -OCH3 is 1. The fourth-order valence-electron chi connectivity index (χ4n) is 3.71. The molecule has 10 heteroatoms. The average Bonchev–Trinajstić information content (AvgIpc) is 3.14. The predicted molar refractivity (Wildman–Crippen MR) is 138 cm³/mol. The Morgan fingerprint density at radius 2 is 1.91 bits per heavy atom. The smallest absolute Gasteiger partial charge is 0.143 e. The molecule has 1 fully saturated rings. The van der Waals surface area contributed by atoms with Gasteiger partial charge < -0.3 is 25.2 Å². The molecule has 0 aliphatic carbocycles. The molecule has 3 N–H and O–H groups in total. The zero-order valence-electron chi connectivity index (χ0n) is 19.0. The summed E-state index contributed by atoms with van der Waals surface area (Å²) in [6, 6.07) is 13.0. The van der Waals surface area contributed by atoms with Crippen molar-refractivity contribution in [1.82, 2.24) is 14.7 Å². The third kappa shape index (κ3) is 5.85. The van der Waals surface area contributed by atoms with Crippen LogP contribution in [0.5, 0.6) is 5.75 Å². The Bertz CT molecular complexity index is 1130. The van der Waals surface area contributed by atoms with E-state index in [0.29, 0.717) is 23.6 Å². The lowest BCUT2D eigenvalue weighted by Gasteiger charge is -2.37. The minimum atomic E-state index is 0.321. The van der Waals surface area contributed by atoms with Crippen LogP contribution in [0.4, 0.5) is 11.4 Å². The maximum atomic E-state index is 9.76. The molecule has 0 unspecified atom stereocenters. The minimum absolute atomic E-state index is 0.321. The van der Waals surface area contributed by atoms with Gasteiger partial charge in [-0.3, -0.25) is 9.58 Å². The molecule has 0 atom stereocenters. The summed E-state index contributed by atoms with van der Waals surface area (Å²) >= 11 is 9.56. The molecule has 0 amide bonds. The van der Waals surface area contributed by atoms with Crippen molar-refractivity contribution in [2.75, 3.05) is 44.0 Å². The number of rotatable bonds is 10. The zero-order valence-corrected chi connectivity index (χ0v) is 21.3. The molecule has 0 saturated carbocycles. The minimum Gasteiger partial charge on any atom is -0.512 e. The van der Waals surface area contributed by atoms with Gasteiger partial charge in [0.25, 0.3) is 0 Å². The van der Waals surface area contributed by atoms with E-state index in [1.54, 1.807) is 30.1 Å².